The maximum atomic E-state index is 5.59. The number of rotatable bonds is 4. The lowest BCUT2D eigenvalue weighted by Gasteiger charge is -2.09. The van der Waals surface area contributed by atoms with Crippen molar-refractivity contribution in [1.29, 1.82) is 0 Å². The third-order valence-electron chi connectivity index (χ3n) is 2.11. The van der Waals surface area contributed by atoms with Gasteiger partial charge in [-0.05, 0) is 12.1 Å². The monoisotopic (exact) mass is 232 g/mol. The molecule has 1 aromatic heterocycles. The van der Waals surface area contributed by atoms with E-state index < -0.39 is 0 Å². The number of nitrogens with zero attached hydrogens (tertiary/aromatic N) is 2. The highest BCUT2D eigenvalue weighted by atomic mass is 16.5. The molecule has 5 nitrogen and oxygen atoms in total. The maximum absolute atomic E-state index is 5.59. The van der Waals surface area contributed by atoms with Crippen molar-refractivity contribution in [3.63, 3.8) is 0 Å². The van der Waals surface area contributed by atoms with Crippen molar-refractivity contribution < 1.29 is 14.2 Å². The first-order valence-electron chi connectivity index (χ1n) is 5.00. The fourth-order valence-corrected chi connectivity index (χ4v) is 1.31. The number of ether oxygens (including phenoxy) is 3. The minimum atomic E-state index is 0.404. The first-order valence-corrected chi connectivity index (χ1v) is 5.00. The third kappa shape index (κ3) is 2.63. The van der Waals surface area contributed by atoms with Gasteiger partial charge < -0.3 is 14.2 Å². The number of hydrogen-bond acceptors (Lipinski definition) is 5. The molecule has 2 rings (SSSR count). The molecule has 0 amide bonds. The second-order valence-corrected chi connectivity index (χ2v) is 3.15. The quantitative estimate of drug-likeness (QED) is 0.809. The van der Waals surface area contributed by atoms with Crippen molar-refractivity contribution in [3.05, 3.63) is 36.7 Å². The third-order valence-corrected chi connectivity index (χ3v) is 2.11. The molecule has 5 heteroatoms. The SMILES string of the molecule is COc1cc(Oc2ccccc2OC)ncn1. The van der Waals surface area contributed by atoms with Crippen LogP contribution < -0.4 is 14.2 Å². The van der Waals surface area contributed by atoms with Crippen molar-refractivity contribution in [2.45, 2.75) is 0 Å². The Morgan fingerprint density at radius 2 is 1.59 bits per heavy atom. The van der Waals surface area contributed by atoms with E-state index in [-0.39, 0.29) is 0 Å². The number of aromatic nitrogens is 2. The molecule has 0 bridgehead atoms. The molecular weight excluding hydrogens is 220 g/mol. The van der Waals surface area contributed by atoms with Gasteiger partial charge in [0.05, 0.1) is 20.3 Å². The van der Waals surface area contributed by atoms with Gasteiger partial charge in [0.25, 0.3) is 0 Å². The summed E-state index contributed by atoms with van der Waals surface area (Å²) in [7, 11) is 3.12. The van der Waals surface area contributed by atoms with Gasteiger partial charge in [-0.1, -0.05) is 12.1 Å². The number of para-hydroxylation sites is 2. The molecule has 2 aromatic rings. The molecule has 1 aromatic carbocycles. The van der Waals surface area contributed by atoms with E-state index in [4.69, 9.17) is 14.2 Å². The molecule has 17 heavy (non-hydrogen) atoms. The van der Waals surface area contributed by atoms with Crippen LogP contribution in [0, 0.1) is 0 Å². The predicted octanol–water partition coefficient (Wildman–Crippen LogP) is 2.29. The molecule has 0 aliphatic heterocycles. The smallest absolute Gasteiger partial charge is 0.226 e. The molecule has 0 radical (unpaired) electrons. The van der Waals surface area contributed by atoms with Gasteiger partial charge in [-0.3, -0.25) is 0 Å². The zero-order chi connectivity index (χ0) is 12.1. The van der Waals surface area contributed by atoms with E-state index in [1.807, 2.05) is 18.2 Å². The zero-order valence-electron chi connectivity index (χ0n) is 9.58. The summed E-state index contributed by atoms with van der Waals surface area (Å²) in [5.74, 6) is 2.09. The molecule has 0 aliphatic carbocycles. The molecule has 0 saturated heterocycles. The lowest BCUT2D eigenvalue weighted by molar-refractivity contribution is 0.366. The van der Waals surface area contributed by atoms with Crippen LogP contribution in [0.1, 0.15) is 0 Å². The van der Waals surface area contributed by atoms with Crippen LogP contribution in [0.4, 0.5) is 0 Å². The molecule has 0 unspecified atom stereocenters. The molecule has 0 atom stereocenters. The van der Waals surface area contributed by atoms with E-state index in [1.54, 1.807) is 19.2 Å². The Labute approximate surface area is 99.0 Å². The summed E-state index contributed by atoms with van der Waals surface area (Å²) in [5, 5.41) is 0. The summed E-state index contributed by atoms with van der Waals surface area (Å²) in [5.41, 5.74) is 0. The zero-order valence-corrected chi connectivity index (χ0v) is 9.58. The topological polar surface area (TPSA) is 53.5 Å². The second kappa shape index (κ2) is 5.16. The summed E-state index contributed by atoms with van der Waals surface area (Å²) in [6.45, 7) is 0. The van der Waals surface area contributed by atoms with Crippen LogP contribution in [-0.2, 0) is 0 Å². The minimum Gasteiger partial charge on any atom is -0.493 e. The van der Waals surface area contributed by atoms with Crippen LogP contribution in [0.3, 0.4) is 0 Å². The van der Waals surface area contributed by atoms with Gasteiger partial charge in [-0.15, -0.1) is 0 Å². The predicted molar refractivity (Wildman–Crippen MR) is 61.7 cm³/mol. The van der Waals surface area contributed by atoms with Crippen molar-refractivity contribution in [3.8, 4) is 23.3 Å². The fraction of sp³-hybridized carbons (Fsp3) is 0.167. The average Bonchev–Trinajstić information content (AvgIpc) is 2.39. The van der Waals surface area contributed by atoms with Gasteiger partial charge in [0.1, 0.15) is 6.33 Å². The summed E-state index contributed by atoms with van der Waals surface area (Å²) < 4.78 is 15.7. The van der Waals surface area contributed by atoms with E-state index in [2.05, 4.69) is 9.97 Å². The Kier molecular flexibility index (Phi) is 3.40. The average molecular weight is 232 g/mol. The molecule has 0 N–H and O–H groups in total. The van der Waals surface area contributed by atoms with Crippen LogP contribution >= 0.6 is 0 Å². The fourth-order valence-electron chi connectivity index (χ4n) is 1.31. The van der Waals surface area contributed by atoms with Crippen molar-refractivity contribution >= 4 is 0 Å². The Hall–Kier alpha value is -2.30. The Balaban J connectivity index is 2.24. The van der Waals surface area contributed by atoms with Crippen LogP contribution in [0.2, 0.25) is 0 Å². The van der Waals surface area contributed by atoms with Crippen LogP contribution in [0.5, 0.6) is 23.3 Å². The molecular formula is C12H12N2O3. The van der Waals surface area contributed by atoms with Gasteiger partial charge in [-0.25, -0.2) is 9.97 Å². The molecule has 0 fully saturated rings. The van der Waals surface area contributed by atoms with Gasteiger partial charge in [-0.2, -0.15) is 0 Å². The van der Waals surface area contributed by atoms with Crippen molar-refractivity contribution in [1.82, 2.24) is 9.97 Å². The van der Waals surface area contributed by atoms with E-state index in [0.717, 1.165) is 0 Å². The molecule has 0 saturated carbocycles. The lowest BCUT2D eigenvalue weighted by atomic mass is 10.3. The Bertz CT molecular complexity index is 503. The first kappa shape index (κ1) is 11.2. The highest BCUT2D eigenvalue weighted by Gasteiger charge is 2.06. The van der Waals surface area contributed by atoms with Gasteiger partial charge in [0, 0.05) is 0 Å². The van der Waals surface area contributed by atoms with Gasteiger partial charge in [0.15, 0.2) is 11.5 Å². The lowest BCUT2D eigenvalue weighted by Crippen LogP contribution is -1.94. The Morgan fingerprint density at radius 3 is 2.29 bits per heavy atom. The Morgan fingerprint density at radius 1 is 0.882 bits per heavy atom. The summed E-state index contributed by atoms with van der Waals surface area (Å²) in [6.07, 6.45) is 1.38. The normalized spacial score (nSPS) is 9.76. The standard InChI is InChI=1S/C12H12N2O3/c1-15-9-5-3-4-6-10(9)17-12-7-11(16-2)13-8-14-12/h3-8H,1-2H3. The molecule has 88 valence electrons. The summed E-state index contributed by atoms with van der Waals surface area (Å²) >= 11 is 0. The summed E-state index contributed by atoms with van der Waals surface area (Å²) in [6, 6.07) is 8.94. The number of methoxy groups -OCH3 is 2. The number of hydrogen-bond donors (Lipinski definition) is 0. The van der Waals surface area contributed by atoms with Gasteiger partial charge in [0.2, 0.25) is 11.8 Å². The second-order valence-electron chi connectivity index (χ2n) is 3.15. The number of benzene rings is 1. The van der Waals surface area contributed by atoms with Gasteiger partial charge >= 0.3 is 0 Å². The van der Waals surface area contributed by atoms with E-state index in [9.17, 15) is 0 Å². The van der Waals surface area contributed by atoms with E-state index in [0.29, 0.717) is 23.3 Å². The maximum Gasteiger partial charge on any atom is 0.226 e. The first-order chi connectivity index (χ1) is 8.33. The van der Waals surface area contributed by atoms with Crippen molar-refractivity contribution in [2.24, 2.45) is 0 Å². The van der Waals surface area contributed by atoms with E-state index >= 15 is 0 Å². The van der Waals surface area contributed by atoms with Crippen LogP contribution in [-0.4, -0.2) is 24.2 Å². The van der Waals surface area contributed by atoms with Crippen molar-refractivity contribution in [2.75, 3.05) is 14.2 Å². The van der Waals surface area contributed by atoms with E-state index in [1.165, 1.54) is 13.4 Å². The minimum absolute atomic E-state index is 0.404. The van der Waals surface area contributed by atoms with Crippen LogP contribution in [0.25, 0.3) is 0 Å². The highest BCUT2D eigenvalue weighted by molar-refractivity contribution is 5.41. The summed E-state index contributed by atoms with van der Waals surface area (Å²) in [4.78, 5) is 7.89. The van der Waals surface area contributed by atoms with Crippen LogP contribution in [0.15, 0.2) is 36.7 Å². The highest BCUT2D eigenvalue weighted by Crippen LogP contribution is 2.30. The molecule has 0 spiro atoms. The largest absolute Gasteiger partial charge is 0.493 e. The molecule has 0 aliphatic rings. The molecule has 1 heterocycles.